The Kier molecular flexibility index (Phi) is 5.72. The van der Waals surface area contributed by atoms with Gasteiger partial charge in [-0.15, -0.1) is 12.4 Å². The Bertz CT molecular complexity index is 445. The van der Waals surface area contributed by atoms with E-state index in [0.717, 1.165) is 11.3 Å². The monoisotopic (exact) mass is 294 g/mol. The largest absolute Gasteiger partial charge is 0.453 e. The van der Waals surface area contributed by atoms with Crippen LogP contribution < -0.4 is 5.73 Å². The quantitative estimate of drug-likeness (QED) is 0.522. The highest BCUT2D eigenvalue weighted by Crippen LogP contribution is 2.34. The van der Waals surface area contributed by atoms with E-state index in [1.807, 2.05) is 0 Å². The lowest BCUT2D eigenvalue weighted by Gasteiger charge is -2.24. The summed E-state index contributed by atoms with van der Waals surface area (Å²) in [7, 11) is 0. The molecule has 1 aromatic rings. The van der Waals surface area contributed by atoms with Crippen LogP contribution in [-0.2, 0) is 15.1 Å². The lowest BCUT2D eigenvalue weighted by Crippen LogP contribution is -2.35. The number of nitro groups is 1. The topological polar surface area (TPSA) is 95.5 Å². The molecule has 1 rings (SSSR count). The van der Waals surface area contributed by atoms with Crippen molar-refractivity contribution in [2.45, 2.75) is 32.4 Å². The minimum absolute atomic E-state index is 0. The molecule has 0 aliphatic heterocycles. The van der Waals surface area contributed by atoms with Crippen LogP contribution >= 0.6 is 23.7 Å². The number of carbonyl (C=O) groups excluding carboxylic acids is 1. The van der Waals surface area contributed by atoms with Gasteiger partial charge in [0, 0.05) is 6.07 Å². The predicted octanol–water partition coefficient (Wildman–Crippen LogP) is 2.20. The highest BCUT2D eigenvalue weighted by atomic mass is 35.5. The van der Waals surface area contributed by atoms with Gasteiger partial charge in [0.05, 0.1) is 9.80 Å². The van der Waals surface area contributed by atoms with Crippen LogP contribution in [0.15, 0.2) is 12.1 Å². The molecule has 1 heterocycles. The average molecular weight is 295 g/mol. The zero-order valence-electron chi connectivity index (χ0n) is 10.2. The van der Waals surface area contributed by atoms with Gasteiger partial charge in [-0.2, -0.15) is 0 Å². The van der Waals surface area contributed by atoms with Gasteiger partial charge in [0.25, 0.3) is 0 Å². The van der Waals surface area contributed by atoms with Gasteiger partial charge in [-0.3, -0.25) is 14.9 Å². The van der Waals surface area contributed by atoms with Crippen molar-refractivity contribution >= 4 is 34.7 Å². The molecule has 0 saturated heterocycles. The molecule has 0 amide bonds. The zero-order valence-corrected chi connectivity index (χ0v) is 11.8. The molecule has 1 atom stereocenters. The Morgan fingerprint density at radius 2 is 2.11 bits per heavy atom. The maximum atomic E-state index is 11.4. The summed E-state index contributed by atoms with van der Waals surface area (Å²) in [6.45, 7) is 4.86. The summed E-state index contributed by atoms with van der Waals surface area (Å²) in [6, 6.07) is 2.25. The maximum absolute atomic E-state index is 11.4. The Hall–Kier alpha value is -1.18. The second-order valence-corrected chi connectivity index (χ2v) is 5.18. The summed E-state index contributed by atoms with van der Waals surface area (Å²) in [6.07, 6.45) is 0. The first-order valence-electron chi connectivity index (χ1n) is 4.97. The van der Waals surface area contributed by atoms with Crippen LogP contribution in [0.4, 0.5) is 5.00 Å². The molecular formula is C10H15ClN2O4S. The Morgan fingerprint density at radius 1 is 1.56 bits per heavy atom. The minimum Gasteiger partial charge on any atom is -0.453 e. The highest BCUT2D eigenvalue weighted by molar-refractivity contribution is 7.15. The van der Waals surface area contributed by atoms with Gasteiger partial charge in [-0.05, 0) is 26.8 Å². The number of hydrogen-bond acceptors (Lipinski definition) is 6. The van der Waals surface area contributed by atoms with Crippen LogP contribution in [0.1, 0.15) is 25.6 Å². The number of hydrogen-bond donors (Lipinski definition) is 1. The Labute approximate surface area is 115 Å². The molecule has 0 spiro atoms. The number of esters is 1. The number of nitrogens with zero attached hydrogens (tertiary/aromatic N) is 1. The van der Waals surface area contributed by atoms with Crippen molar-refractivity contribution in [1.29, 1.82) is 0 Å². The third-order valence-electron chi connectivity index (χ3n) is 2.09. The lowest BCUT2D eigenvalue weighted by molar-refractivity contribution is -0.380. The molecule has 0 aromatic carbocycles. The number of carbonyl (C=O) groups is 1. The van der Waals surface area contributed by atoms with Crippen molar-refractivity contribution < 1.29 is 14.5 Å². The third kappa shape index (κ3) is 3.94. The van der Waals surface area contributed by atoms with E-state index >= 15 is 0 Å². The standard InChI is InChI=1S/C10H14N2O4S.ClH/c1-6(11)9(13)16-10(2,3)7-4-5-8(17-7)12(14)15;/h4-6H,11H2,1-3H3;1H/t6-;/m0./s1. The van der Waals surface area contributed by atoms with Gasteiger partial charge in [0.15, 0.2) is 0 Å². The first kappa shape index (κ1) is 16.8. The molecule has 0 radical (unpaired) electrons. The fourth-order valence-electron chi connectivity index (χ4n) is 1.14. The molecule has 0 saturated carbocycles. The molecule has 0 unspecified atom stereocenters. The van der Waals surface area contributed by atoms with Crippen LogP contribution in [0.3, 0.4) is 0 Å². The smallest absolute Gasteiger partial charge is 0.324 e. The maximum Gasteiger partial charge on any atom is 0.324 e. The van der Waals surface area contributed by atoms with Crippen molar-refractivity contribution in [2.75, 3.05) is 0 Å². The predicted molar refractivity (Wildman–Crippen MR) is 71.0 cm³/mol. The van der Waals surface area contributed by atoms with Gasteiger partial charge in [0.1, 0.15) is 11.6 Å². The molecule has 0 fully saturated rings. The number of thiophene rings is 1. The van der Waals surface area contributed by atoms with E-state index in [0.29, 0.717) is 4.88 Å². The number of ether oxygens (including phenoxy) is 1. The van der Waals surface area contributed by atoms with Crippen LogP contribution in [0.25, 0.3) is 0 Å². The van der Waals surface area contributed by atoms with E-state index in [9.17, 15) is 14.9 Å². The summed E-state index contributed by atoms with van der Waals surface area (Å²) >= 11 is 0.985. The van der Waals surface area contributed by atoms with Gasteiger partial charge in [0.2, 0.25) is 0 Å². The molecule has 102 valence electrons. The van der Waals surface area contributed by atoms with E-state index in [2.05, 4.69) is 0 Å². The first-order valence-corrected chi connectivity index (χ1v) is 5.79. The number of halogens is 1. The van der Waals surface area contributed by atoms with E-state index in [1.165, 1.54) is 13.0 Å². The van der Waals surface area contributed by atoms with Crippen molar-refractivity contribution in [3.05, 3.63) is 27.1 Å². The third-order valence-corrected chi connectivity index (χ3v) is 3.43. The molecule has 0 bridgehead atoms. The molecule has 1 aromatic heterocycles. The van der Waals surface area contributed by atoms with E-state index in [4.69, 9.17) is 10.5 Å². The SMILES string of the molecule is C[C@H](N)C(=O)OC(C)(C)c1ccc([N+](=O)[O-])s1.Cl. The van der Waals surface area contributed by atoms with Gasteiger partial charge < -0.3 is 10.5 Å². The van der Waals surface area contributed by atoms with Crippen molar-refractivity contribution in [3.8, 4) is 0 Å². The van der Waals surface area contributed by atoms with Crippen LogP contribution in [0.5, 0.6) is 0 Å². The molecular weight excluding hydrogens is 280 g/mol. The van der Waals surface area contributed by atoms with E-state index < -0.39 is 22.5 Å². The summed E-state index contributed by atoms with van der Waals surface area (Å²) < 4.78 is 5.20. The van der Waals surface area contributed by atoms with Gasteiger partial charge in [-0.1, -0.05) is 11.3 Å². The first-order chi connectivity index (χ1) is 7.74. The molecule has 0 aliphatic rings. The van der Waals surface area contributed by atoms with Crippen LogP contribution in [-0.4, -0.2) is 16.9 Å². The highest BCUT2D eigenvalue weighted by Gasteiger charge is 2.30. The fraction of sp³-hybridized carbons (Fsp3) is 0.500. The van der Waals surface area contributed by atoms with Gasteiger partial charge >= 0.3 is 11.0 Å². The molecule has 18 heavy (non-hydrogen) atoms. The summed E-state index contributed by atoms with van der Waals surface area (Å²) in [4.78, 5) is 22.1. The molecule has 8 heteroatoms. The zero-order chi connectivity index (χ0) is 13.2. The van der Waals surface area contributed by atoms with E-state index in [1.54, 1.807) is 19.9 Å². The fourth-order valence-corrected chi connectivity index (χ4v) is 2.00. The Balaban J connectivity index is 0.00000289. The van der Waals surface area contributed by atoms with Gasteiger partial charge in [-0.25, -0.2) is 0 Å². The minimum atomic E-state index is -0.913. The summed E-state index contributed by atoms with van der Waals surface area (Å²) in [5, 5.41) is 10.6. The second-order valence-electron chi connectivity index (χ2n) is 4.12. The molecule has 0 aliphatic carbocycles. The molecule has 6 nitrogen and oxygen atoms in total. The Morgan fingerprint density at radius 3 is 2.50 bits per heavy atom. The summed E-state index contributed by atoms with van der Waals surface area (Å²) in [5.41, 5.74) is 4.48. The number of rotatable bonds is 4. The lowest BCUT2D eigenvalue weighted by atomic mass is 10.1. The normalized spacial score (nSPS) is 12.4. The average Bonchev–Trinajstić information content (AvgIpc) is 2.65. The van der Waals surface area contributed by atoms with Crippen molar-refractivity contribution in [1.82, 2.24) is 0 Å². The van der Waals surface area contributed by atoms with Crippen LogP contribution in [0.2, 0.25) is 0 Å². The summed E-state index contributed by atoms with van der Waals surface area (Å²) in [5.74, 6) is -0.536. The number of nitrogens with two attached hydrogens (primary N) is 1. The van der Waals surface area contributed by atoms with Crippen molar-refractivity contribution in [2.24, 2.45) is 5.73 Å². The van der Waals surface area contributed by atoms with Crippen LogP contribution in [0, 0.1) is 10.1 Å². The molecule has 2 N–H and O–H groups in total. The van der Waals surface area contributed by atoms with Crippen molar-refractivity contribution in [3.63, 3.8) is 0 Å². The van der Waals surface area contributed by atoms with E-state index in [-0.39, 0.29) is 17.4 Å². The second kappa shape index (κ2) is 6.12.